The van der Waals surface area contributed by atoms with Crippen molar-refractivity contribution in [3.05, 3.63) is 84.1 Å². The zero-order valence-corrected chi connectivity index (χ0v) is 17.7. The summed E-state index contributed by atoms with van der Waals surface area (Å²) in [6, 6.07) is 19.7. The summed E-state index contributed by atoms with van der Waals surface area (Å²) in [4.78, 5) is 30.0. The van der Waals surface area contributed by atoms with Gasteiger partial charge in [0.15, 0.2) is 11.9 Å². The number of furan rings is 1. The number of benzene rings is 2. The van der Waals surface area contributed by atoms with Crippen molar-refractivity contribution in [3.8, 4) is 17.2 Å². The first kappa shape index (κ1) is 21.1. The maximum atomic E-state index is 13.0. The Morgan fingerprint density at radius 1 is 1.06 bits per heavy atom. The van der Waals surface area contributed by atoms with E-state index in [4.69, 9.17) is 13.9 Å². The summed E-state index contributed by atoms with van der Waals surface area (Å²) in [5.74, 6) is 0.276. The number of aromatic nitrogens is 1. The van der Waals surface area contributed by atoms with Gasteiger partial charge in [-0.3, -0.25) is 4.79 Å². The van der Waals surface area contributed by atoms with Gasteiger partial charge < -0.3 is 19.2 Å². The molecule has 0 saturated carbocycles. The van der Waals surface area contributed by atoms with Crippen LogP contribution in [0.15, 0.2) is 77.4 Å². The van der Waals surface area contributed by atoms with E-state index in [-0.39, 0.29) is 0 Å². The van der Waals surface area contributed by atoms with Crippen LogP contribution in [0.3, 0.4) is 0 Å². The summed E-state index contributed by atoms with van der Waals surface area (Å²) < 4.78 is 16.0. The third-order valence-corrected chi connectivity index (χ3v) is 4.99. The minimum atomic E-state index is -0.972. The van der Waals surface area contributed by atoms with Gasteiger partial charge in [0, 0.05) is 11.9 Å². The maximum absolute atomic E-state index is 13.0. The second-order valence-corrected chi connectivity index (χ2v) is 7.16. The van der Waals surface area contributed by atoms with Crippen LogP contribution in [0.5, 0.6) is 5.75 Å². The fourth-order valence-corrected chi connectivity index (χ4v) is 3.25. The van der Waals surface area contributed by atoms with Gasteiger partial charge in [0.1, 0.15) is 11.4 Å². The molecule has 4 rings (SSSR count). The van der Waals surface area contributed by atoms with E-state index in [1.807, 2.05) is 42.5 Å². The molecule has 1 N–H and O–H groups in total. The summed E-state index contributed by atoms with van der Waals surface area (Å²) in [6.45, 7) is 1.85. The molecule has 0 fully saturated rings. The highest BCUT2D eigenvalue weighted by molar-refractivity contribution is 6.05. The molecule has 32 heavy (non-hydrogen) atoms. The lowest BCUT2D eigenvalue weighted by Gasteiger charge is -2.15. The highest BCUT2D eigenvalue weighted by Crippen LogP contribution is 2.26. The number of hydrogen-bond donors (Lipinski definition) is 1. The number of pyridine rings is 1. The monoisotopic (exact) mass is 430 g/mol. The van der Waals surface area contributed by atoms with Gasteiger partial charge in [0.05, 0.1) is 24.5 Å². The van der Waals surface area contributed by atoms with Crippen molar-refractivity contribution < 1.29 is 23.5 Å². The Hall–Kier alpha value is -4.13. The molecule has 2 heterocycles. The van der Waals surface area contributed by atoms with Gasteiger partial charge >= 0.3 is 5.97 Å². The quantitative estimate of drug-likeness (QED) is 0.438. The van der Waals surface area contributed by atoms with E-state index in [9.17, 15) is 9.59 Å². The molecule has 0 aliphatic rings. The SMILES string of the molecule is COc1ccc(CNC(=O)C(C)OC(=O)c2cc(-c3ccco3)nc3ccccc23)cc1. The summed E-state index contributed by atoms with van der Waals surface area (Å²) in [6.07, 6.45) is 0.569. The van der Waals surface area contributed by atoms with Crippen molar-refractivity contribution in [2.24, 2.45) is 0 Å². The molecular formula is C25H22N2O5. The second kappa shape index (κ2) is 9.34. The van der Waals surface area contributed by atoms with Crippen LogP contribution < -0.4 is 10.1 Å². The summed E-state index contributed by atoms with van der Waals surface area (Å²) in [7, 11) is 1.59. The number of amides is 1. The normalized spacial score (nSPS) is 11.7. The molecule has 4 aromatic rings. The molecule has 7 heteroatoms. The average Bonchev–Trinajstić information content (AvgIpc) is 3.37. The van der Waals surface area contributed by atoms with Crippen LogP contribution in [0.1, 0.15) is 22.8 Å². The number of ether oxygens (including phenoxy) is 2. The number of para-hydroxylation sites is 1. The van der Waals surface area contributed by atoms with Crippen LogP contribution in [0, 0.1) is 0 Å². The van der Waals surface area contributed by atoms with E-state index in [1.165, 1.54) is 6.92 Å². The number of fused-ring (bicyclic) bond motifs is 1. The molecule has 0 aliphatic carbocycles. The molecule has 2 aromatic carbocycles. The fourth-order valence-electron chi connectivity index (χ4n) is 3.25. The number of methoxy groups -OCH3 is 1. The molecule has 162 valence electrons. The average molecular weight is 430 g/mol. The molecule has 0 aliphatic heterocycles. The van der Waals surface area contributed by atoms with Crippen molar-refractivity contribution >= 4 is 22.8 Å². The van der Waals surface area contributed by atoms with Crippen LogP contribution in [-0.4, -0.2) is 30.1 Å². The van der Waals surface area contributed by atoms with Crippen LogP contribution in [0.25, 0.3) is 22.4 Å². The van der Waals surface area contributed by atoms with E-state index in [0.29, 0.717) is 34.5 Å². The first-order valence-corrected chi connectivity index (χ1v) is 10.1. The molecule has 1 amide bonds. The molecule has 1 atom stereocenters. The van der Waals surface area contributed by atoms with E-state index in [2.05, 4.69) is 10.3 Å². The van der Waals surface area contributed by atoms with Gasteiger partial charge in [0.25, 0.3) is 5.91 Å². The third-order valence-electron chi connectivity index (χ3n) is 4.99. The zero-order chi connectivity index (χ0) is 22.5. The largest absolute Gasteiger partial charge is 0.497 e. The van der Waals surface area contributed by atoms with Gasteiger partial charge in [-0.1, -0.05) is 30.3 Å². The van der Waals surface area contributed by atoms with Gasteiger partial charge in [0.2, 0.25) is 0 Å². The third kappa shape index (κ3) is 4.62. The Labute approximate surface area is 185 Å². The molecule has 0 saturated heterocycles. The number of carbonyl (C=O) groups excluding carboxylic acids is 2. The summed E-state index contributed by atoms with van der Waals surface area (Å²) in [5, 5.41) is 3.42. The fraction of sp³-hybridized carbons (Fsp3) is 0.160. The first-order chi connectivity index (χ1) is 15.5. The standard InChI is InChI=1S/C25H22N2O5/c1-16(24(28)26-15-17-9-11-18(30-2)12-10-17)32-25(29)20-14-22(23-8-5-13-31-23)27-21-7-4-3-6-19(20)21/h3-14,16H,15H2,1-2H3,(H,26,28). The maximum Gasteiger partial charge on any atom is 0.339 e. The van der Waals surface area contributed by atoms with Crippen molar-refractivity contribution in [2.75, 3.05) is 7.11 Å². The molecule has 0 spiro atoms. The van der Waals surface area contributed by atoms with Crippen LogP contribution >= 0.6 is 0 Å². The number of hydrogen-bond acceptors (Lipinski definition) is 6. The molecule has 2 aromatic heterocycles. The highest BCUT2D eigenvalue weighted by Gasteiger charge is 2.22. The van der Waals surface area contributed by atoms with E-state index >= 15 is 0 Å². The molecule has 1 unspecified atom stereocenters. The van der Waals surface area contributed by atoms with Gasteiger partial charge in [-0.25, -0.2) is 9.78 Å². The minimum absolute atomic E-state index is 0.311. The molecule has 7 nitrogen and oxygen atoms in total. The lowest BCUT2D eigenvalue weighted by molar-refractivity contribution is -0.129. The van der Waals surface area contributed by atoms with Crippen LogP contribution in [-0.2, 0) is 16.1 Å². The predicted molar refractivity (Wildman–Crippen MR) is 119 cm³/mol. The van der Waals surface area contributed by atoms with Crippen molar-refractivity contribution in [1.82, 2.24) is 10.3 Å². The van der Waals surface area contributed by atoms with Crippen molar-refractivity contribution in [3.63, 3.8) is 0 Å². The Morgan fingerprint density at radius 2 is 1.84 bits per heavy atom. The predicted octanol–water partition coefficient (Wildman–Crippen LogP) is 4.37. The number of carbonyl (C=O) groups is 2. The van der Waals surface area contributed by atoms with Crippen molar-refractivity contribution in [2.45, 2.75) is 19.6 Å². The number of nitrogens with zero attached hydrogens (tertiary/aromatic N) is 1. The molecule has 0 bridgehead atoms. The Bertz CT molecular complexity index is 1230. The summed E-state index contributed by atoms with van der Waals surface area (Å²) >= 11 is 0. The minimum Gasteiger partial charge on any atom is -0.497 e. The van der Waals surface area contributed by atoms with Gasteiger partial charge in [-0.2, -0.15) is 0 Å². The number of esters is 1. The lowest BCUT2D eigenvalue weighted by atomic mass is 10.1. The second-order valence-electron chi connectivity index (χ2n) is 7.16. The topological polar surface area (TPSA) is 90.7 Å². The lowest BCUT2D eigenvalue weighted by Crippen LogP contribution is -2.35. The summed E-state index contributed by atoms with van der Waals surface area (Å²) in [5.41, 5.74) is 2.36. The Morgan fingerprint density at radius 3 is 2.56 bits per heavy atom. The van der Waals surface area contributed by atoms with Crippen LogP contribution in [0.4, 0.5) is 0 Å². The van der Waals surface area contributed by atoms with E-state index in [0.717, 1.165) is 11.3 Å². The molecule has 0 radical (unpaired) electrons. The first-order valence-electron chi connectivity index (χ1n) is 10.1. The Kier molecular flexibility index (Phi) is 6.17. The van der Waals surface area contributed by atoms with Gasteiger partial charge in [-0.15, -0.1) is 0 Å². The van der Waals surface area contributed by atoms with Gasteiger partial charge in [-0.05, 0) is 48.9 Å². The van der Waals surface area contributed by atoms with E-state index < -0.39 is 18.0 Å². The highest BCUT2D eigenvalue weighted by atomic mass is 16.5. The van der Waals surface area contributed by atoms with Crippen molar-refractivity contribution in [1.29, 1.82) is 0 Å². The molecular weight excluding hydrogens is 408 g/mol. The number of nitrogens with one attached hydrogen (secondary N) is 1. The number of rotatable bonds is 7. The van der Waals surface area contributed by atoms with E-state index in [1.54, 1.807) is 37.6 Å². The Balaban J connectivity index is 1.48. The van der Waals surface area contributed by atoms with Crippen LogP contribution in [0.2, 0.25) is 0 Å². The zero-order valence-electron chi connectivity index (χ0n) is 17.7. The smallest absolute Gasteiger partial charge is 0.339 e.